The standard InChI is InChI=1S/C23H17F2NO2/c24-18-10-6-15(7-11-18)14-26-21(17-4-2-1-3-5-17)20(22(27)23(26)28)16-8-12-19(25)13-9-16/h1-13,21,27H,14H2/t21-/m0/s1. The normalized spacial score (nSPS) is 16.7. The molecule has 1 amide bonds. The van der Waals surface area contributed by atoms with Gasteiger partial charge < -0.3 is 10.0 Å². The predicted molar refractivity (Wildman–Crippen MR) is 102 cm³/mol. The number of benzene rings is 3. The second-order valence-corrected chi connectivity index (χ2v) is 6.64. The Kier molecular flexibility index (Phi) is 4.65. The van der Waals surface area contributed by atoms with Gasteiger partial charge in [-0.2, -0.15) is 0 Å². The van der Waals surface area contributed by atoms with Crippen molar-refractivity contribution in [2.75, 3.05) is 0 Å². The van der Waals surface area contributed by atoms with E-state index < -0.39 is 17.8 Å². The molecule has 1 N–H and O–H groups in total. The first-order chi connectivity index (χ1) is 13.5. The molecule has 1 atom stereocenters. The summed E-state index contributed by atoms with van der Waals surface area (Å²) in [7, 11) is 0. The first-order valence-electron chi connectivity index (χ1n) is 8.84. The summed E-state index contributed by atoms with van der Waals surface area (Å²) >= 11 is 0. The van der Waals surface area contributed by atoms with E-state index in [4.69, 9.17) is 0 Å². The molecule has 0 aliphatic carbocycles. The SMILES string of the molecule is O=C1C(O)=C(c2ccc(F)cc2)[C@H](c2ccccc2)N1Cc1ccc(F)cc1. The summed E-state index contributed by atoms with van der Waals surface area (Å²) in [4.78, 5) is 14.4. The highest BCUT2D eigenvalue weighted by atomic mass is 19.1. The highest BCUT2D eigenvalue weighted by Gasteiger charge is 2.40. The van der Waals surface area contributed by atoms with E-state index in [9.17, 15) is 18.7 Å². The molecule has 0 saturated carbocycles. The summed E-state index contributed by atoms with van der Waals surface area (Å²) in [5.41, 5.74) is 2.56. The number of carbonyl (C=O) groups is 1. The number of rotatable bonds is 4. The number of halogens is 2. The lowest BCUT2D eigenvalue weighted by Gasteiger charge is -2.27. The van der Waals surface area contributed by atoms with E-state index in [1.807, 2.05) is 30.3 Å². The van der Waals surface area contributed by atoms with Gasteiger partial charge in [-0.1, -0.05) is 54.6 Å². The molecular formula is C23H17F2NO2. The van der Waals surface area contributed by atoms with Crippen molar-refractivity contribution in [3.8, 4) is 0 Å². The van der Waals surface area contributed by atoms with Crippen LogP contribution in [0.5, 0.6) is 0 Å². The molecule has 140 valence electrons. The van der Waals surface area contributed by atoms with Crippen molar-refractivity contribution in [2.24, 2.45) is 0 Å². The summed E-state index contributed by atoms with van der Waals surface area (Å²) in [5.74, 6) is -1.63. The van der Waals surface area contributed by atoms with Gasteiger partial charge in [0.15, 0.2) is 5.76 Å². The van der Waals surface area contributed by atoms with Crippen molar-refractivity contribution in [3.63, 3.8) is 0 Å². The Labute approximate surface area is 161 Å². The minimum absolute atomic E-state index is 0.202. The van der Waals surface area contributed by atoms with Crippen LogP contribution in [-0.2, 0) is 11.3 Å². The predicted octanol–water partition coefficient (Wildman–Crippen LogP) is 5.02. The number of aliphatic hydroxyl groups excluding tert-OH is 1. The second-order valence-electron chi connectivity index (χ2n) is 6.64. The first kappa shape index (κ1) is 17.9. The summed E-state index contributed by atoms with van der Waals surface area (Å²) in [6, 6.07) is 20.4. The van der Waals surface area contributed by atoms with Crippen molar-refractivity contribution in [3.05, 3.63) is 113 Å². The Morgan fingerprint density at radius 1 is 0.821 bits per heavy atom. The van der Waals surface area contributed by atoms with Crippen molar-refractivity contribution >= 4 is 11.5 Å². The van der Waals surface area contributed by atoms with Gasteiger partial charge in [-0.15, -0.1) is 0 Å². The van der Waals surface area contributed by atoms with Crippen LogP contribution in [0.15, 0.2) is 84.6 Å². The molecule has 1 aliphatic rings. The summed E-state index contributed by atoms with van der Waals surface area (Å²) < 4.78 is 26.6. The highest BCUT2D eigenvalue weighted by Crippen LogP contribution is 2.43. The maximum atomic E-state index is 13.4. The summed E-state index contributed by atoms with van der Waals surface area (Å²) in [6.45, 7) is 0.202. The topological polar surface area (TPSA) is 40.5 Å². The van der Waals surface area contributed by atoms with Crippen molar-refractivity contribution in [2.45, 2.75) is 12.6 Å². The van der Waals surface area contributed by atoms with E-state index in [2.05, 4.69) is 0 Å². The Morgan fingerprint density at radius 2 is 1.39 bits per heavy atom. The lowest BCUT2D eigenvalue weighted by Crippen LogP contribution is -2.29. The molecule has 3 aromatic carbocycles. The molecule has 0 saturated heterocycles. The maximum absolute atomic E-state index is 13.4. The average Bonchev–Trinajstić information content (AvgIpc) is 2.96. The molecule has 0 bridgehead atoms. The van der Waals surface area contributed by atoms with Gasteiger partial charge in [0.05, 0.1) is 6.04 Å². The molecule has 1 aliphatic heterocycles. The molecule has 3 aromatic rings. The minimum atomic E-state index is -0.538. The lowest BCUT2D eigenvalue weighted by atomic mass is 9.93. The van der Waals surface area contributed by atoms with Crippen LogP contribution in [0.3, 0.4) is 0 Å². The summed E-state index contributed by atoms with van der Waals surface area (Å²) in [5, 5.41) is 10.6. The van der Waals surface area contributed by atoms with Crippen LogP contribution in [-0.4, -0.2) is 15.9 Å². The zero-order valence-electron chi connectivity index (χ0n) is 14.8. The van der Waals surface area contributed by atoms with Crippen molar-refractivity contribution in [1.29, 1.82) is 0 Å². The van der Waals surface area contributed by atoms with Crippen LogP contribution < -0.4 is 0 Å². The van der Waals surface area contributed by atoms with Gasteiger partial charge in [-0.3, -0.25) is 4.79 Å². The van der Waals surface area contributed by atoms with E-state index in [1.165, 1.54) is 29.2 Å². The Morgan fingerprint density at radius 3 is 2.00 bits per heavy atom. The molecule has 0 unspecified atom stereocenters. The third-order valence-corrected chi connectivity index (χ3v) is 4.84. The number of hydrogen-bond donors (Lipinski definition) is 1. The van der Waals surface area contributed by atoms with Gasteiger partial charge in [0.25, 0.3) is 5.91 Å². The molecule has 0 radical (unpaired) electrons. The monoisotopic (exact) mass is 377 g/mol. The highest BCUT2D eigenvalue weighted by molar-refractivity contribution is 6.05. The number of hydrogen-bond acceptors (Lipinski definition) is 2. The average molecular weight is 377 g/mol. The van der Waals surface area contributed by atoms with Gasteiger partial charge in [-0.05, 0) is 41.0 Å². The quantitative estimate of drug-likeness (QED) is 0.694. The Hall–Kier alpha value is -3.47. The number of aliphatic hydroxyl groups is 1. The van der Waals surface area contributed by atoms with Crippen LogP contribution in [0.4, 0.5) is 8.78 Å². The van der Waals surface area contributed by atoms with Gasteiger partial charge >= 0.3 is 0 Å². The largest absolute Gasteiger partial charge is 0.503 e. The molecule has 3 nitrogen and oxygen atoms in total. The molecule has 1 heterocycles. The number of nitrogens with zero attached hydrogens (tertiary/aromatic N) is 1. The zero-order chi connectivity index (χ0) is 19.7. The third kappa shape index (κ3) is 3.27. The van der Waals surface area contributed by atoms with E-state index >= 15 is 0 Å². The van der Waals surface area contributed by atoms with E-state index in [0.29, 0.717) is 11.1 Å². The van der Waals surface area contributed by atoms with E-state index in [0.717, 1.165) is 11.1 Å². The Bertz CT molecular complexity index is 1030. The summed E-state index contributed by atoms with van der Waals surface area (Å²) in [6.07, 6.45) is 0. The maximum Gasteiger partial charge on any atom is 0.290 e. The van der Waals surface area contributed by atoms with Crippen LogP contribution >= 0.6 is 0 Å². The molecule has 0 aromatic heterocycles. The Balaban J connectivity index is 1.79. The third-order valence-electron chi connectivity index (χ3n) is 4.84. The molecular weight excluding hydrogens is 360 g/mol. The van der Waals surface area contributed by atoms with E-state index in [1.54, 1.807) is 24.3 Å². The molecule has 28 heavy (non-hydrogen) atoms. The smallest absolute Gasteiger partial charge is 0.290 e. The van der Waals surface area contributed by atoms with Gasteiger partial charge in [0.1, 0.15) is 11.6 Å². The van der Waals surface area contributed by atoms with Crippen LogP contribution in [0.2, 0.25) is 0 Å². The molecule has 0 spiro atoms. The van der Waals surface area contributed by atoms with Gasteiger partial charge in [0.2, 0.25) is 0 Å². The number of carbonyl (C=O) groups excluding carboxylic acids is 1. The van der Waals surface area contributed by atoms with Gasteiger partial charge in [-0.25, -0.2) is 8.78 Å². The fraction of sp³-hybridized carbons (Fsp3) is 0.0870. The van der Waals surface area contributed by atoms with Crippen LogP contribution in [0.25, 0.3) is 5.57 Å². The van der Waals surface area contributed by atoms with Crippen molar-refractivity contribution < 1.29 is 18.7 Å². The van der Waals surface area contributed by atoms with E-state index in [-0.39, 0.29) is 18.1 Å². The van der Waals surface area contributed by atoms with Crippen LogP contribution in [0.1, 0.15) is 22.7 Å². The zero-order valence-corrected chi connectivity index (χ0v) is 14.8. The fourth-order valence-electron chi connectivity index (χ4n) is 3.51. The fourth-order valence-corrected chi connectivity index (χ4v) is 3.51. The first-order valence-corrected chi connectivity index (χ1v) is 8.84. The second kappa shape index (κ2) is 7.27. The van der Waals surface area contributed by atoms with Gasteiger partial charge in [0, 0.05) is 12.1 Å². The van der Waals surface area contributed by atoms with Crippen LogP contribution in [0, 0.1) is 11.6 Å². The molecule has 0 fully saturated rings. The minimum Gasteiger partial charge on any atom is -0.503 e. The molecule has 4 rings (SSSR count). The van der Waals surface area contributed by atoms with Crippen molar-refractivity contribution in [1.82, 2.24) is 4.90 Å². The lowest BCUT2D eigenvalue weighted by molar-refractivity contribution is -0.130. The number of amides is 1. The molecule has 5 heteroatoms.